The topological polar surface area (TPSA) is 12.0 Å². The van der Waals surface area contributed by atoms with Crippen molar-refractivity contribution in [2.24, 2.45) is 0 Å². The maximum Gasteiger partial charge on any atom is -0.00457 e. The molecule has 1 aromatic carbocycles. The molecular weight excluding hydrogens is 254 g/mol. The number of aryl methyl sites for hydroxylation is 1. The Bertz CT molecular complexity index is 307. The van der Waals surface area contributed by atoms with Gasteiger partial charge in [-0.25, -0.2) is 0 Å². The van der Waals surface area contributed by atoms with Crippen molar-refractivity contribution in [3.05, 3.63) is 35.9 Å². The van der Waals surface area contributed by atoms with Gasteiger partial charge in [0, 0.05) is 0 Å². The molecule has 0 aliphatic rings. The molecule has 1 nitrogen and oxygen atoms in total. The molecule has 0 atom stereocenters. The van der Waals surface area contributed by atoms with E-state index in [-0.39, 0.29) is 0 Å². The Labute approximate surface area is 132 Å². The fourth-order valence-electron chi connectivity index (χ4n) is 2.75. The molecule has 0 heterocycles. The third-order valence-electron chi connectivity index (χ3n) is 4.12. The van der Waals surface area contributed by atoms with Gasteiger partial charge >= 0.3 is 0 Å². The molecule has 0 saturated carbocycles. The van der Waals surface area contributed by atoms with Crippen LogP contribution in [-0.2, 0) is 6.42 Å². The molecule has 21 heavy (non-hydrogen) atoms. The Balaban J connectivity index is 1.75. The lowest BCUT2D eigenvalue weighted by Gasteiger charge is -2.05. The van der Waals surface area contributed by atoms with E-state index in [0.717, 1.165) is 6.54 Å². The summed E-state index contributed by atoms with van der Waals surface area (Å²) in [7, 11) is 0. The van der Waals surface area contributed by atoms with E-state index < -0.39 is 0 Å². The second-order valence-electron chi connectivity index (χ2n) is 6.17. The summed E-state index contributed by atoms with van der Waals surface area (Å²) in [4.78, 5) is 0. The zero-order chi connectivity index (χ0) is 15.0. The molecule has 0 fully saturated rings. The van der Waals surface area contributed by atoms with Crippen LogP contribution in [0.4, 0.5) is 0 Å². The first kappa shape index (κ1) is 18.2. The van der Waals surface area contributed by atoms with E-state index in [0.29, 0.717) is 0 Å². The van der Waals surface area contributed by atoms with Crippen LogP contribution < -0.4 is 5.32 Å². The maximum absolute atomic E-state index is 3.57. The highest BCUT2D eigenvalue weighted by molar-refractivity contribution is 5.14. The Kier molecular flexibility index (Phi) is 12.3. The fraction of sp³-hybridized carbons (Fsp3) is 0.700. The van der Waals surface area contributed by atoms with Gasteiger partial charge in [0.2, 0.25) is 0 Å². The Morgan fingerprint density at radius 3 is 1.90 bits per heavy atom. The highest BCUT2D eigenvalue weighted by Gasteiger charge is 1.94. The van der Waals surface area contributed by atoms with Crippen LogP contribution in [-0.4, -0.2) is 13.1 Å². The fourth-order valence-corrected chi connectivity index (χ4v) is 2.75. The summed E-state index contributed by atoms with van der Waals surface area (Å²) in [6.45, 7) is 4.64. The van der Waals surface area contributed by atoms with Crippen molar-refractivity contribution in [3.8, 4) is 0 Å². The highest BCUT2D eigenvalue weighted by Crippen LogP contribution is 2.09. The molecule has 1 heteroatoms. The summed E-state index contributed by atoms with van der Waals surface area (Å²) in [5.41, 5.74) is 1.46. The van der Waals surface area contributed by atoms with E-state index in [9.17, 15) is 0 Å². The van der Waals surface area contributed by atoms with Gasteiger partial charge in [0.05, 0.1) is 0 Å². The largest absolute Gasteiger partial charge is 0.317 e. The first-order chi connectivity index (χ1) is 10.4. The predicted molar refractivity (Wildman–Crippen MR) is 94.9 cm³/mol. The van der Waals surface area contributed by atoms with Crippen LogP contribution >= 0.6 is 0 Å². The van der Waals surface area contributed by atoms with E-state index in [4.69, 9.17) is 0 Å². The minimum absolute atomic E-state index is 1.16. The Morgan fingerprint density at radius 2 is 1.24 bits per heavy atom. The van der Waals surface area contributed by atoms with Crippen LogP contribution in [0.2, 0.25) is 0 Å². The van der Waals surface area contributed by atoms with E-state index >= 15 is 0 Å². The molecule has 0 bridgehead atoms. The Hall–Kier alpha value is -0.820. The van der Waals surface area contributed by atoms with Crippen LogP contribution in [0.3, 0.4) is 0 Å². The van der Waals surface area contributed by atoms with Crippen LogP contribution in [0, 0.1) is 0 Å². The lowest BCUT2D eigenvalue weighted by molar-refractivity contribution is 0.545. The molecule has 0 aliphatic heterocycles. The number of hydrogen-bond donors (Lipinski definition) is 1. The van der Waals surface area contributed by atoms with Gasteiger partial charge in [-0.15, -0.1) is 0 Å². The summed E-state index contributed by atoms with van der Waals surface area (Å²) >= 11 is 0. The number of nitrogens with one attached hydrogen (secondary N) is 1. The first-order valence-corrected chi connectivity index (χ1v) is 9.18. The van der Waals surface area contributed by atoms with Crippen LogP contribution in [0.1, 0.15) is 76.7 Å². The second kappa shape index (κ2) is 14.1. The maximum atomic E-state index is 3.57. The van der Waals surface area contributed by atoms with Crippen LogP contribution in [0.15, 0.2) is 30.3 Å². The van der Waals surface area contributed by atoms with Crippen molar-refractivity contribution in [2.75, 3.05) is 13.1 Å². The monoisotopic (exact) mass is 289 g/mol. The zero-order valence-corrected chi connectivity index (χ0v) is 14.1. The Morgan fingerprint density at radius 1 is 0.667 bits per heavy atom. The number of benzene rings is 1. The van der Waals surface area contributed by atoms with Gasteiger partial charge in [-0.05, 0) is 37.9 Å². The van der Waals surface area contributed by atoms with Gasteiger partial charge in [0.1, 0.15) is 0 Å². The van der Waals surface area contributed by atoms with E-state index in [1.54, 1.807) is 0 Å². The van der Waals surface area contributed by atoms with Crippen molar-refractivity contribution in [2.45, 2.75) is 77.6 Å². The minimum Gasteiger partial charge on any atom is -0.317 e. The molecule has 0 unspecified atom stereocenters. The van der Waals surface area contributed by atoms with Crippen LogP contribution in [0.5, 0.6) is 0 Å². The van der Waals surface area contributed by atoms with Crippen molar-refractivity contribution in [1.82, 2.24) is 5.32 Å². The van der Waals surface area contributed by atoms with Gasteiger partial charge in [0.25, 0.3) is 0 Å². The van der Waals surface area contributed by atoms with E-state index in [1.807, 2.05) is 0 Å². The average molecular weight is 290 g/mol. The molecule has 0 aliphatic carbocycles. The van der Waals surface area contributed by atoms with Gasteiger partial charge in [-0.3, -0.25) is 0 Å². The molecule has 0 amide bonds. The van der Waals surface area contributed by atoms with E-state index in [2.05, 4.69) is 42.6 Å². The van der Waals surface area contributed by atoms with Crippen molar-refractivity contribution >= 4 is 0 Å². The normalized spacial score (nSPS) is 10.9. The smallest absolute Gasteiger partial charge is 0.00457 e. The molecular formula is C20H35N. The lowest BCUT2D eigenvalue weighted by Crippen LogP contribution is -2.17. The average Bonchev–Trinajstić information content (AvgIpc) is 2.53. The molecule has 0 spiro atoms. The third kappa shape index (κ3) is 11.5. The number of unbranched alkanes of at least 4 members (excludes halogenated alkanes) is 8. The summed E-state index contributed by atoms with van der Waals surface area (Å²) in [5, 5.41) is 3.57. The van der Waals surface area contributed by atoms with Gasteiger partial charge in [-0.1, -0.05) is 88.6 Å². The molecule has 0 saturated heterocycles. The minimum atomic E-state index is 1.16. The quantitative estimate of drug-likeness (QED) is 0.431. The first-order valence-electron chi connectivity index (χ1n) is 9.18. The molecule has 120 valence electrons. The molecule has 0 aromatic heterocycles. The summed E-state index contributed by atoms with van der Waals surface area (Å²) in [6.07, 6.45) is 15.2. The van der Waals surface area contributed by atoms with Crippen LogP contribution in [0.25, 0.3) is 0 Å². The van der Waals surface area contributed by atoms with Gasteiger partial charge < -0.3 is 5.32 Å². The highest BCUT2D eigenvalue weighted by atomic mass is 14.8. The predicted octanol–water partition coefficient (Wildman–Crippen LogP) is 5.74. The van der Waals surface area contributed by atoms with Crippen molar-refractivity contribution in [1.29, 1.82) is 0 Å². The number of hydrogen-bond acceptors (Lipinski definition) is 1. The molecule has 1 N–H and O–H groups in total. The number of rotatable bonds is 14. The van der Waals surface area contributed by atoms with Gasteiger partial charge in [-0.2, -0.15) is 0 Å². The standard InChI is InChI=1S/C20H35N/c1-2-3-4-5-6-7-8-9-13-18-21-19-14-17-20-15-11-10-12-16-20/h10-12,15-16,21H,2-9,13-14,17-19H2,1H3. The summed E-state index contributed by atoms with van der Waals surface area (Å²) < 4.78 is 0. The zero-order valence-electron chi connectivity index (χ0n) is 14.1. The molecule has 1 aromatic rings. The van der Waals surface area contributed by atoms with Gasteiger partial charge in [0.15, 0.2) is 0 Å². The van der Waals surface area contributed by atoms with E-state index in [1.165, 1.54) is 82.7 Å². The lowest BCUT2D eigenvalue weighted by atomic mass is 10.1. The molecule has 0 radical (unpaired) electrons. The second-order valence-corrected chi connectivity index (χ2v) is 6.17. The summed E-state index contributed by atoms with van der Waals surface area (Å²) in [6, 6.07) is 10.8. The molecule has 1 rings (SSSR count). The third-order valence-corrected chi connectivity index (χ3v) is 4.12. The summed E-state index contributed by atoms with van der Waals surface area (Å²) in [5.74, 6) is 0. The van der Waals surface area contributed by atoms with Crippen molar-refractivity contribution < 1.29 is 0 Å². The van der Waals surface area contributed by atoms with Crippen molar-refractivity contribution in [3.63, 3.8) is 0 Å². The SMILES string of the molecule is CCCCCCCCCCCNCCCc1ccccc1.